The average molecular weight is 614 g/mol. The van der Waals surface area contributed by atoms with Gasteiger partial charge < -0.3 is 15.0 Å². The van der Waals surface area contributed by atoms with Crippen LogP contribution >= 0.6 is 0 Å². The number of para-hydroxylation sites is 1. The second-order valence-corrected chi connectivity index (χ2v) is 12.4. The molecule has 0 unspecified atom stereocenters. The summed E-state index contributed by atoms with van der Waals surface area (Å²) in [6.45, 7) is 3.38. The molecule has 4 aromatic carbocycles. The fourth-order valence-corrected chi connectivity index (χ4v) is 6.54. The van der Waals surface area contributed by atoms with Gasteiger partial charge in [-0.05, 0) is 60.4 Å². The van der Waals surface area contributed by atoms with Crippen LogP contribution in [0.1, 0.15) is 29.2 Å². The van der Waals surface area contributed by atoms with E-state index in [0.29, 0.717) is 17.9 Å². The minimum atomic E-state index is -4.16. The molecule has 0 fully saturated rings. The minimum absolute atomic E-state index is 0.0643. The molecule has 4 aromatic rings. The second-order valence-electron chi connectivity index (χ2n) is 10.5. The Hall–Kier alpha value is -4.63. The molecule has 0 radical (unpaired) electrons. The number of amides is 2. The van der Waals surface area contributed by atoms with E-state index in [1.54, 1.807) is 55.6 Å². The van der Waals surface area contributed by atoms with Crippen LogP contribution < -0.4 is 14.4 Å². The molecule has 0 aliphatic carbocycles. The lowest BCUT2D eigenvalue weighted by molar-refractivity contribution is -0.139. The van der Waals surface area contributed by atoms with E-state index in [9.17, 15) is 18.0 Å². The van der Waals surface area contributed by atoms with Crippen molar-refractivity contribution in [2.75, 3.05) is 25.0 Å². The van der Waals surface area contributed by atoms with E-state index >= 15 is 0 Å². The fraction of sp³-hybridized carbons (Fsp3) is 0.257. The Bertz CT molecular complexity index is 1670. The molecule has 8 nitrogen and oxygen atoms in total. The molecule has 4 rings (SSSR count). The van der Waals surface area contributed by atoms with Crippen LogP contribution in [0.25, 0.3) is 0 Å². The number of hydrogen-bond acceptors (Lipinski definition) is 5. The zero-order chi connectivity index (χ0) is 31.7. The standard InChI is InChI=1S/C35H39N3O5S/c1-5-29-15-9-10-17-32(29)38(44(41,42)31-20-18-26(2)19-21-31)25-34(39)37(24-28-14-11-16-30(22-28)43-4)33(35(40)36-3)23-27-12-7-6-8-13-27/h6-22,33H,5,23-25H2,1-4H3,(H,36,40)/t33-/m1/s1. The number of aryl methyl sites for hydroxylation is 2. The van der Waals surface area contributed by atoms with Gasteiger partial charge in [-0.15, -0.1) is 0 Å². The van der Waals surface area contributed by atoms with Crippen molar-refractivity contribution in [1.29, 1.82) is 0 Å². The first-order chi connectivity index (χ1) is 21.2. The third-order valence-electron chi connectivity index (χ3n) is 7.53. The molecule has 0 heterocycles. The van der Waals surface area contributed by atoms with Crippen LogP contribution in [-0.4, -0.2) is 51.9 Å². The lowest BCUT2D eigenvalue weighted by Crippen LogP contribution is -2.53. The smallest absolute Gasteiger partial charge is 0.264 e. The van der Waals surface area contributed by atoms with Gasteiger partial charge in [0.1, 0.15) is 18.3 Å². The van der Waals surface area contributed by atoms with E-state index in [2.05, 4.69) is 5.32 Å². The molecule has 9 heteroatoms. The topological polar surface area (TPSA) is 96.0 Å². The van der Waals surface area contributed by atoms with Gasteiger partial charge in [-0.25, -0.2) is 8.42 Å². The predicted molar refractivity (Wildman–Crippen MR) is 173 cm³/mol. The van der Waals surface area contributed by atoms with Crippen LogP contribution in [-0.2, 0) is 39.0 Å². The summed E-state index contributed by atoms with van der Waals surface area (Å²) in [4.78, 5) is 29.4. The van der Waals surface area contributed by atoms with E-state index in [4.69, 9.17) is 4.74 Å². The predicted octanol–water partition coefficient (Wildman–Crippen LogP) is 5.15. The highest BCUT2D eigenvalue weighted by Gasteiger charge is 2.35. The molecule has 44 heavy (non-hydrogen) atoms. The number of ether oxygens (including phenoxy) is 1. The number of methoxy groups -OCH3 is 1. The highest BCUT2D eigenvalue weighted by Crippen LogP contribution is 2.29. The number of nitrogens with zero attached hydrogens (tertiary/aromatic N) is 2. The second kappa shape index (κ2) is 14.7. The zero-order valence-corrected chi connectivity index (χ0v) is 26.4. The van der Waals surface area contributed by atoms with Crippen molar-refractivity contribution in [3.05, 3.63) is 125 Å². The number of hydrogen-bond donors (Lipinski definition) is 1. The van der Waals surface area contributed by atoms with Crippen LogP contribution in [0.2, 0.25) is 0 Å². The first-order valence-electron chi connectivity index (χ1n) is 14.5. The van der Waals surface area contributed by atoms with Crippen molar-refractivity contribution in [1.82, 2.24) is 10.2 Å². The maximum absolute atomic E-state index is 14.5. The minimum Gasteiger partial charge on any atom is -0.497 e. The number of likely N-dealkylation sites (N-methyl/N-ethyl adjacent to an activating group) is 1. The average Bonchev–Trinajstić information content (AvgIpc) is 3.05. The van der Waals surface area contributed by atoms with Gasteiger partial charge in [0.2, 0.25) is 11.8 Å². The Kier molecular flexibility index (Phi) is 10.8. The Morgan fingerprint density at radius 3 is 2.18 bits per heavy atom. The Morgan fingerprint density at radius 1 is 0.864 bits per heavy atom. The van der Waals surface area contributed by atoms with Crippen LogP contribution in [0.4, 0.5) is 5.69 Å². The van der Waals surface area contributed by atoms with Crippen LogP contribution in [0.15, 0.2) is 108 Å². The van der Waals surface area contributed by atoms with Crippen molar-refractivity contribution < 1.29 is 22.7 Å². The number of sulfonamides is 1. The van der Waals surface area contributed by atoms with Gasteiger partial charge in [0.15, 0.2) is 0 Å². The largest absolute Gasteiger partial charge is 0.497 e. The zero-order valence-electron chi connectivity index (χ0n) is 25.6. The van der Waals surface area contributed by atoms with Gasteiger partial charge in [-0.1, -0.05) is 85.3 Å². The molecule has 1 N–H and O–H groups in total. The monoisotopic (exact) mass is 613 g/mol. The maximum Gasteiger partial charge on any atom is 0.264 e. The molecule has 0 saturated carbocycles. The number of nitrogens with one attached hydrogen (secondary N) is 1. The summed E-state index contributed by atoms with van der Waals surface area (Å²) in [5.41, 5.74) is 3.72. The SMILES string of the molecule is CCc1ccccc1N(CC(=O)N(Cc1cccc(OC)c1)[C@H](Cc1ccccc1)C(=O)NC)S(=O)(=O)c1ccc(C)cc1. The molecule has 0 spiro atoms. The maximum atomic E-state index is 14.5. The molecule has 0 aliphatic heterocycles. The summed E-state index contributed by atoms with van der Waals surface area (Å²) >= 11 is 0. The number of benzene rings is 4. The van der Waals surface area contributed by atoms with E-state index in [1.165, 1.54) is 16.3 Å². The van der Waals surface area contributed by atoms with Crippen molar-refractivity contribution in [3.8, 4) is 5.75 Å². The van der Waals surface area contributed by atoms with Crippen molar-refractivity contribution in [2.45, 2.75) is 44.2 Å². The summed E-state index contributed by atoms with van der Waals surface area (Å²) in [6.07, 6.45) is 0.805. The highest BCUT2D eigenvalue weighted by molar-refractivity contribution is 7.92. The van der Waals surface area contributed by atoms with Crippen molar-refractivity contribution in [2.24, 2.45) is 0 Å². The molecule has 0 bridgehead atoms. The summed E-state index contributed by atoms with van der Waals surface area (Å²) < 4.78 is 35.0. The van der Waals surface area contributed by atoms with Gasteiger partial charge in [-0.2, -0.15) is 0 Å². The highest BCUT2D eigenvalue weighted by atomic mass is 32.2. The summed E-state index contributed by atoms with van der Waals surface area (Å²) in [5, 5.41) is 2.70. The fourth-order valence-electron chi connectivity index (χ4n) is 5.09. The van der Waals surface area contributed by atoms with Gasteiger partial charge in [-0.3, -0.25) is 13.9 Å². The summed E-state index contributed by atoms with van der Waals surface area (Å²) in [6, 6.07) is 29.5. The third kappa shape index (κ3) is 7.65. The van der Waals surface area contributed by atoms with Crippen LogP contribution in [0, 0.1) is 6.92 Å². The Balaban J connectivity index is 1.82. The van der Waals surface area contributed by atoms with E-state index in [1.807, 2.05) is 68.4 Å². The van der Waals surface area contributed by atoms with E-state index in [-0.39, 0.29) is 23.8 Å². The lowest BCUT2D eigenvalue weighted by atomic mass is 10.0. The quantitative estimate of drug-likeness (QED) is 0.225. The number of carbonyl (C=O) groups excluding carboxylic acids is 2. The Labute approximate surface area is 260 Å². The summed E-state index contributed by atoms with van der Waals surface area (Å²) in [7, 11) is -1.07. The summed E-state index contributed by atoms with van der Waals surface area (Å²) in [5.74, 6) is -0.263. The number of anilines is 1. The van der Waals surface area contributed by atoms with E-state index < -0.39 is 28.5 Å². The first-order valence-corrected chi connectivity index (χ1v) is 16.0. The molecular formula is C35H39N3O5S. The van der Waals surface area contributed by atoms with Gasteiger partial charge in [0, 0.05) is 20.0 Å². The Morgan fingerprint density at radius 2 is 1.52 bits per heavy atom. The van der Waals surface area contributed by atoms with Crippen molar-refractivity contribution >= 4 is 27.5 Å². The molecular weight excluding hydrogens is 574 g/mol. The number of rotatable bonds is 13. The van der Waals surface area contributed by atoms with Crippen LogP contribution in [0.3, 0.4) is 0 Å². The first kappa shape index (κ1) is 32.3. The lowest BCUT2D eigenvalue weighted by Gasteiger charge is -2.34. The van der Waals surface area contributed by atoms with Gasteiger partial charge in [0.05, 0.1) is 17.7 Å². The van der Waals surface area contributed by atoms with Gasteiger partial charge >= 0.3 is 0 Å². The van der Waals surface area contributed by atoms with Gasteiger partial charge in [0.25, 0.3) is 10.0 Å². The number of carbonyl (C=O) groups is 2. The molecule has 0 aromatic heterocycles. The molecule has 2 amide bonds. The molecule has 0 aliphatic rings. The van der Waals surface area contributed by atoms with Crippen LogP contribution in [0.5, 0.6) is 5.75 Å². The molecule has 230 valence electrons. The normalized spacial score (nSPS) is 11.8. The third-order valence-corrected chi connectivity index (χ3v) is 9.31. The molecule has 0 saturated heterocycles. The van der Waals surface area contributed by atoms with Crippen molar-refractivity contribution in [3.63, 3.8) is 0 Å². The van der Waals surface area contributed by atoms with E-state index in [0.717, 1.165) is 22.3 Å². The molecule has 1 atom stereocenters.